The zero-order valence-corrected chi connectivity index (χ0v) is 12.4. The van der Waals surface area contributed by atoms with E-state index in [1.54, 1.807) is 11.1 Å². The summed E-state index contributed by atoms with van der Waals surface area (Å²) >= 11 is 0. The number of benzene rings is 4. The number of hydrogen-bond acceptors (Lipinski definition) is 0. The van der Waals surface area contributed by atoms with Crippen LogP contribution in [0, 0.1) is 0 Å². The molecule has 0 spiro atoms. The van der Waals surface area contributed by atoms with Gasteiger partial charge >= 0.3 is 0 Å². The minimum Gasteiger partial charge on any atom is -0.0610 e. The van der Waals surface area contributed by atoms with Crippen LogP contribution in [0.5, 0.6) is 0 Å². The van der Waals surface area contributed by atoms with E-state index in [2.05, 4.69) is 48.5 Å². The van der Waals surface area contributed by atoms with Crippen LogP contribution in [-0.4, -0.2) is 0 Å². The van der Waals surface area contributed by atoms with Gasteiger partial charge in [0.05, 0.1) is 0 Å². The third kappa shape index (κ3) is 1.17. The van der Waals surface area contributed by atoms with Gasteiger partial charge in [-0.05, 0) is 86.3 Å². The van der Waals surface area contributed by atoms with Crippen molar-refractivity contribution in [1.29, 1.82) is 0 Å². The summed E-state index contributed by atoms with van der Waals surface area (Å²) in [6.45, 7) is 0. The minimum atomic E-state index is 1.26. The van der Waals surface area contributed by atoms with Gasteiger partial charge in [-0.2, -0.15) is 0 Å². The molecule has 0 fully saturated rings. The molecule has 0 atom stereocenters. The van der Waals surface area contributed by atoms with Crippen LogP contribution in [0.25, 0.3) is 43.5 Å². The van der Waals surface area contributed by atoms with Gasteiger partial charge in [-0.1, -0.05) is 42.5 Å². The van der Waals surface area contributed by atoms with Crippen LogP contribution in [0.1, 0.15) is 36.8 Å². The smallest absolute Gasteiger partial charge is 0.00145 e. The van der Waals surface area contributed by atoms with Gasteiger partial charge < -0.3 is 0 Å². The van der Waals surface area contributed by atoms with E-state index in [-0.39, 0.29) is 0 Å². The molecule has 4 aromatic rings. The van der Waals surface area contributed by atoms with Gasteiger partial charge in [-0.15, -0.1) is 0 Å². The van der Waals surface area contributed by atoms with Crippen molar-refractivity contribution in [3.63, 3.8) is 0 Å². The normalized spacial score (nSPS) is 17.1. The molecule has 0 heteroatoms. The van der Waals surface area contributed by atoms with Gasteiger partial charge in [0.1, 0.15) is 0 Å². The van der Waals surface area contributed by atoms with Crippen LogP contribution in [0.3, 0.4) is 0 Å². The molecule has 6 rings (SSSR count). The fourth-order valence-corrected chi connectivity index (χ4v) is 4.84. The van der Waals surface area contributed by atoms with Crippen molar-refractivity contribution in [2.75, 3.05) is 0 Å². The predicted molar refractivity (Wildman–Crippen MR) is 95.4 cm³/mol. The van der Waals surface area contributed by atoms with Gasteiger partial charge in [0.2, 0.25) is 0 Å². The van der Waals surface area contributed by atoms with Crippen molar-refractivity contribution in [1.82, 2.24) is 0 Å². The van der Waals surface area contributed by atoms with Crippen molar-refractivity contribution < 1.29 is 0 Å². The van der Waals surface area contributed by atoms with Gasteiger partial charge in [0, 0.05) is 0 Å². The quantitative estimate of drug-likeness (QED) is 0.328. The molecule has 0 heterocycles. The Morgan fingerprint density at radius 2 is 1.23 bits per heavy atom. The lowest BCUT2D eigenvalue weighted by atomic mass is 9.89. The van der Waals surface area contributed by atoms with Crippen LogP contribution < -0.4 is 0 Å². The molecule has 0 amide bonds. The van der Waals surface area contributed by atoms with Gasteiger partial charge in [-0.25, -0.2) is 0 Å². The fourth-order valence-electron chi connectivity index (χ4n) is 4.84. The van der Waals surface area contributed by atoms with Crippen LogP contribution in [0.2, 0.25) is 0 Å². The monoisotopic (exact) mass is 280 g/mol. The van der Waals surface area contributed by atoms with Crippen molar-refractivity contribution in [3.8, 4) is 0 Å². The molecule has 104 valence electrons. The van der Waals surface area contributed by atoms with Crippen molar-refractivity contribution >= 4 is 43.5 Å². The topological polar surface area (TPSA) is 0 Å². The van der Waals surface area contributed by atoms with Crippen molar-refractivity contribution in [2.45, 2.75) is 25.7 Å². The van der Waals surface area contributed by atoms with E-state index < -0.39 is 0 Å². The summed E-state index contributed by atoms with van der Waals surface area (Å²) in [5, 5.41) is 8.66. The average Bonchev–Trinajstić information content (AvgIpc) is 2.90. The van der Waals surface area contributed by atoms with Gasteiger partial charge in [-0.3, -0.25) is 0 Å². The molecule has 0 saturated carbocycles. The van der Waals surface area contributed by atoms with Gasteiger partial charge in [0.25, 0.3) is 0 Å². The Hall–Kier alpha value is -2.34. The molecule has 22 heavy (non-hydrogen) atoms. The zero-order valence-electron chi connectivity index (χ0n) is 12.4. The fraction of sp³-hybridized carbons (Fsp3) is 0.182. The predicted octanol–water partition coefficient (Wildman–Crippen LogP) is 6.38. The highest BCUT2D eigenvalue weighted by atomic mass is 14.3. The first-order valence-electron chi connectivity index (χ1n) is 8.35. The molecule has 2 aliphatic rings. The molecule has 0 aliphatic heterocycles. The number of fused-ring (bicyclic) bond motifs is 2. The molecule has 0 aromatic heterocycles. The Labute approximate surface area is 129 Å². The van der Waals surface area contributed by atoms with E-state index in [1.165, 1.54) is 69.1 Å². The zero-order chi connectivity index (χ0) is 14.3. The van der Waals surface area contributed by atoms with Gasteiger partial charge in [0.15, 0.2) is 0 Å². The molecule has 4 aromatic carbocycles. The van der Waals surface area contributed by atoms with E-state index >= 15 is 0 Å². The largest absolute Gasteiger partial charge is 0.0610 e. The second-order valence-corrected chi connectivity index (χ2v) is 6.82. The first kappa shape index (κ1) is 11.3. The molecule has 2 aliphatic carbocycles. The van der Waals surface area contributed by atoms with E-state index in [1.807, 2.05) is 0 Å². The van der Waals surface area contributed by atoms with Crippen LogP contribution >= 0.6 is 0 Å². The van der Waals surface area contributed by atoms with E-state index in [4.69, 9.17) is 0 Å². The molecular formula is C22H16. The summed E-state index contributed by atoms with van der Waals surface area (Å²) in [4.78, 5) is 0. The lowest BCUT2D eigenvalue weighted by Crippen LogP contribution is -1.93. The highest BCUT2D eigenvalue weighted by Crippen LogP contribution is 2.51. The van der Waals surface area contributed by atoms with Crippen LogP contribution in [-0.2, 0) is 0 Å². The Balaban J connectivity index is 1.94. The third-order valence-electron chi connectivity index (χ3n) is 5.75. The summed E-state index contributed by atoms with van der Waals surface area (Å²) in [7, 11) is 0. The maximum Gasteiger partial charge on any atom is -0.00145 e. The standard InChI is InChI=1S/C22H16/c1-2-7-17-16(6-1)18-11-10-14-9-8-13-4-3-5-15-12-19(17)22(18)21(14)20(13)15/h3-5,8-12H,1-2,6-7H2. The Bertz CT molecular complexity index is 1110. The molecule has 0 N–H and O–H groups in total. The number of rotatable bonds is 0. The second-order valence-electron chi connectivity index (χ2n) is 6.82. The van der Waals surface area contributed by atoms with E-state index in [0.717, 1.165) is 0 Å². The van der Waals surface area contributed by atoms with E-state index in [9.17, 15) is 0 Å². The maximum absolute atomic E-state index is 2.46. The molecule has 0 saturated heterocycles. The molecule has 0 bridgehead atoms. The molecule has 0 nitrogen and oxygen atoms in total. The summed E-state index contributed by atoms with van der Waals surface area (Å²) in [6.07, 6.45) is 5.22. The lowest BCUT2D eigenvalue weighted by molar-refractivity contribution is 0.756. The highest BCUT2D eigenvalue weighted by Gasteiger charge is 2.27. The summed E-state index contributed by atoms with van der Waals surface area (Å²) in [6, 6.07) is 18.5. The molecule has 0 radical (unpaired) electrons. The summed E-state index contributed by atoms with van der Waals surface area (Å²) < 4.78 is 0. The summed E-state index contributed by atoms with van der Waals surface area (Å²) in [5.74, 6) is 0. The first-order valence-corrected chi connectivity index (χ1v) is 8.35. The second kappa shape index (κ2) is 3.70. The number of allylic oxidation sites excluding steroid dienone is 2. The Morgan fingerprint density at radius 3 is 2.09 bits per heavy atom. The molecular weight excluding hydrogens is 264 g/mol. The van der Waals surface area contributed by atoms with Crippen molar-refractivity contribution in [3.05, 3.63) is 59.7 Å². The lowest BCUT2D eigenvalue weighted by Gasteiger charge is -2.15. The van der Waals surface area contributed by atoms with Crippen LogP contribution in [0.4, 0.5) is 0 Å². The summed E-state index contributed by atoms with van der Waals surface area (Å²) in [5.41, 5.74) is 6.33. The van der Waals surface area contributed by atoms with Crippen LogP contribution in [0.15, 0.2) is 48.5 Å². The number of hydrogen-bond donors (Lipinski definition) is 0. The first-order chi connectivity index (χ1) is 10.9. The Kier molecular flexibility index (Phi) is 1.89. The maximum atomic E-state index is 2.46. The average molecular weight is 280 g/mol. The SMILES string of the molecule is c1cc2ccc3ccc4c5c(cc(c1)c2c35)C1=C4CCCC1. The third-order valence-corrected chi connectivity index (χ3v) is 5.75. The minimum absolute atomic E-state index is 1.26. The van der Waals surface area contributed by atoms with Crippen molar-refractivity contribution in [2.24, 2.45) is 0 Å². The Morgan fingerprint density at radius 1 is 0.545 bits per heavy atom. The van der Waals surface area contributed by atoms with E-state index in [0.29, 0.717) is 0 Å². The molecule has 0 unspecified atom stereocenters. The highest BCUT2D eigenvalue weighted by molar-refractivity contribution is 6.30.